The predicted octanol–water partition coefficient (Wildman–Crippen LogP) is 2.54. The first-order valence-corrected chi connectivity index (χ1v) is 4.80. The first kappa shape index (κ1) is 7.27. The molecule has 0 aromatic carbocycles. The molecule has 0 aliphatic carbocycles. The van der Waals surface area contributed by atoms with Gasteiger partial charge in [0.05, 0.1) is 10.0 Å². The molecular weight excluding hydrogens is 204 g/mol. The fourth-order valence-electron chi connectivity index (χ4n) is 0.749. The highest BCUT2D eigenvalue weighted by Crippen LogP contribution is 2.39. The van der Waals surface area contributed by atoms with E-state index in [0.29, 0.717) is 4.34 Å². The fraction of sp³-hybridized carbons (Fsp3) is 0. The molecule has 0 fully saturated rings. The van der Waals surface area contributed by atoms with Crippen LogP contribution in [0.1, 0.15) is 0 Å². The van der Waals surface area contributed by atoms with E-state index in [1.54, 1.807) is 6.07 Å². The number of urea groups is 1. The third-order valence-corrected chi connectivity index (χ3v) is 3.40. The Labute approximate surface area is 76.3 Å². The largest absolute Gasteiger partial charge is 0.329 e. The number of carbonyl (C=O) groups is 1. The van der Waals surface area contributed by atoms with E-state index in [1.807, 2.05) is 0 Å². The lowest BCUT2D eigenvalue weighted by Crippen LogP contribution is -2.25. The second kappa shape index (κ2) is 2.58. The Kier molecular flexibility index (Phi) is 1.71. The number of fused-ring (bicyclic) bond motifs is 1. The average molecular weight is 207 g/mol. The summed E-state index contributed by atoms with van der Waals surface area (Å²) in [4.78, 5) is 10.8. The maximum atomic E-state index is 10.8. The van der Waals surface area contributed by atoms with E-state index in [9.17, 15) is 4.79 Å². The van der Waals surface area contributed by atoms with Crippen LogP contribution in [0.4, 0.5) is 10.5 Å². The molecule has 0 radical (unpaired) electrons. The van der Waals surface area contributed by atoms with E-state index in [2.05, 4.69) is 10.0 Å². The number of anilines is 1. The Morgan fingerprint density at radius 2 is 2.36 bits per heavy atom. The predicted molar refractivity (Wildman–Crippen MR) is 47.3 cm³/mol. The zero-order valence-corrected chi connectivity index (χ0v) is 7.57. The highest BCUT2D eigenvalue weighted by atomic mass is 35.5. The molecule has 1 aliphatic heterocycles. The van der Waals surface area contributed by atoms with Crippen molar-refractivity contribution in [3.8, 4) is 0 Å². The second-order valence-corrected chi connectivity index (χ2v) is 4.67. The number of hydrogen-bond donors (Lipinski definition) is 2. The van der Waals surface area contributed by atoms with Crippen LogP contribution in [0.25, 0.3) is 0 Å². The van der Waals surface area contributed by atoms with Gasteiger partial charge >= 0.3 is 6.03 Å². The van der Waals surface area contributed by atoms with Crippen LogP contribution in [0.2, 0.25) is 4.34 Å². The molecule has 11 heavy (non-hydrogen) atoms. The number of amides is 2. The van der Waals surface area contributed by atoms with Gasteiger partial charge in [-0.3, -0.25) is 4.72 Å². The smallest absolute Gasteiger partial charge is 0.305 e. The molecule has 2 N–H and O–H groups in total. The Hall–Kier alpha value is -0.390. The monoisotopic (exact) mass is 206 g/mol. The third-order valence-electron chi connectivity index (χ3n) is 1.15. The number of hydrogen-bond acceptors (Lipinski definition) is 3. The molecule has 2 amide bonds. The molecule has 0 spiro atoms. The quantitative estimate of drug-likeness (QED) is 0.641. The number of rotatable bonds is 0. The first-order chi connectivity index (χ1) is 5.25. The summed E-state index contributed by atoms with van der Waals surface area (Å²) >= 11 is 8.46. The molecule has 1 aromatic heterocycles. The van der Waals surface area contributed by atoms with E-state index in [0.717, 1.165) is 9.90 Å². The van der Waals surface area contributed by atoms with Crippen molar-refractivity contribution < 1.29 is 4.79 Å². The minimum Gasteiger partial charge on any atom is -0.305 e. The summed E-state index contributed by atoms with van der Waals surface area (Å²) in [6, 6.07) is 1.55. The summed E-state index contributed by atoms with van der Waals surface area (Å²) < 4.78 is 4.25. The zero-order valence-electron chi connectivity index (χ0n) is 5.18. The Morgan fingerprint density at radius 3 is 3.18 bits per heavy atom. The van der Waals surface area contributed by atoms with Crippen LogP contribution >= 0.6 is 34.9 Å². The van der Waals surface area contributed by atoms with Crippen molar-refractivity contribution in [1.82, 2.24) is 4.72 Å². The number of carbonyl (C=O) groups excluding carboxylic acids is 1. The van der Waals surface area contributed by atoms with Gasteiger partial charge in [-0.05, 0) is 6.07 Å². The molecule has 3 nitrogen and oxygen atoms in total. The molecule has 0 atom stereocenters. The van der Waals surface area contributed by atoms with Gasteiger partial charge in [0.2, 0.25) is 0 Å². The summed E-state index contributed by atoms with van der Waals surface area (Å²) in [5.74, 6) is 0. The summed E-state index contributed by atoms with van der Waals surface area (Å²) in [7, 11) is 0. The lowest BCUT2D eigenvalue weighted by molar-refractivity contribution is 0.257. The van der Waals surface area contributed by atoms with Gasteiger partial charge in [-0.2, -0.15) is 0 Å². The highest BCUT2D eigenvalue weighted by Gasteiger charge is 2.17. The number of nitrogens with one attached hydrogen (secondary N) is 2. The molecule has 0 saturated carbocycles. The highest BCUT2D eigenvalue weighted by molar-refractivity contribution is 8.00. The van der Waals surface area contributed by atoms with Crippen molar-refractivity contribution in [2.75, 3.05) is 5.32 Å². The maximum absolute atomic E-state index is 10.8. The van der Waals surface area contributed by atoms with Gasteiger partial charge in [-0.15, -0.1) is 11.3 Å². The molecular formula is C5H3ClN2OS2. The van der Waals surface area contributed by atoms with Crippen LogP contribution in [-0.2, 0) is 0 Å². The molecule has 6 heteroatoms. The maximum Gasteiger partial charge on any atom is 0.329 e. The number of thiophene rings is 1. The third kappa shape index (κ3) is 1.31. The van der Waals surface area contributed by atoms with Crippen LogP contribution < -0.4 is 10.0 Å². The molecule has 0 bridgehead atoms. The lowest BCUT2D eigenvalue weighted by Gasteiger charge is -2.11. The molecule has 0 saturated heterocycles. The summed E-state index contributed by atoms with van der Waals surface area (Å²) in [5.41, 5.74) is 0.800. The SMILES string of the molecule is O=C1NSc2sc(Cl)cc2N1. The Morgan fingerprint density at radius 1 is 1.55 bits per heavy atom. The minimum absolute atomic E-state index is 0.197. The normalized spacial score (nSPS) is 15.2. The first-order valence-electron chi connectivity index (χ1n) is 2.79. The van der Waals surface area contributed by atoms with Crippen molar-refractivity contribution in [3.63, 3.8) is 0 Å². The average Bonchev–Trinajstić information content (AvgIpc) is 2.27. The topological polar surface area (TPSA) is 41.1 Å². The minimum atomic E-state index is -0.197. The van der Waals surface area contributed by atoms with E-state index < -0.39 is 0 Å². The summed E-state index contributed by atoms with van der Waals surface area (Å²) in [6.45, 7) is 0. The summed E-state index contributed by atoms with van der Waals surface area (Å²) in [6.07, 6.45) is 0. The van der Waals surface area contributed by atoms with Crippen LogP contribution in [0, 0.1) is 0 Å². The van der Waals surface area contributed by atoms with Gasteiger partial charge in [-0.25, -0.2) is 4.79 Å². The van der Waals surface area contributed by atoms with Crippen LogP contribution in [0.15, 0.2) is 10.3 Å². The van der Waals surface area contributed by atoms with Crippen molar-refractivity contribution in [2.24, 2.45) is 0 Å². The van der Waals surface area contributed by atoms with Gasteiger partial charge in [0.25, 0.3) is 0 Å². The number of halogens is 1. The lowest BCUT2D eigenvalue weighted by atomic mass is 10.5. The van der Waals surface area contributed by atoms with E-state index in [-0.39, 0.29) is 6.03 Å². The van der Waals surface area contributed by atoms with Crippen molar-refractivity contribution >= 4 is 46.6 Å². The molecule has 2 rings (SSSR count). The Balaban J connectivity index is 2.41. The second-order valence-electron chi connectivity index (χ2n) is 1.91. The van der Waals surface area contributed by atoms with Gasteiger partial charge in [0.15, 0.2) is 0 Å². The van der Waals surface area contributed by atoms with Gasteiger partial charge in [-0.1, -0.05) is 11.6 Å². The summed E-state index contributed by atoms with van der Waals surface area (Å²) in [5, 5.41) is 2.64. The van der Waals surface area contributed by atoms with E-state index in [4.69, 9.17) is 11.6 Å². The van der Waals surface area contributed by atoms with Gasteiger partial charge < -0.3 is 5.32 Å². The van der Waals surface area contributed by atoms with Gasteiger partial charge in [0, 0.05) is 11.9 Å². The molecule has 0 unspecified atom stereocenters. The van der Waals surface area contributed by atoms with E-state index >= 15 is 0 Å². The van der Waals surface area contributed by atoms with Crippen LogP contribution in [0.3, 0.4) is 0 Å². The standard InChI is InChI=1S/C5H3ClN2OS2/c6-3-1-2-4(10-3)11-8-5(9)7-2/h1H,(H2,7,8,9). The van der Waals surface area contributed by atoms with Crippen molar-refractivity contribution in [2.45, 2.75) is 4.21 Å². The fourth-order valence-corrected chi connectivity index (χ4v) is 2.82. The van der Waals surface area contributed by atoms with E-state index in [1.165, 1.54) is 23.3 Å². The van der Waals surface area contributed by atoms with Crippen molar-refractivity contribution in [3.05, 3.63) is 10.4 Å². The van der Waals surface area contributed by atoms with Crippen molar-refractivity contribution in [1.29, 1.82) is 0 Å². The molecule has 58 valence electrons. The Bertz CT molecular complexity index is 311. The van der Waals surface area contributed by atoms with Crippen LogP contribution in [-0.4, -0.2) is 6.03 Å². The molecule has 2 heterocycles. The van der Waals surface area contributed by atoms with Gasteiger partial charge in [0.1, 0.15) is 4.21 Å². The molecule has 1 aliphatic rings. The molecule has 1 aromatic rings. The zero-order chi connectivity index (χ0) is 7.84. The van der Waals surface area contributed by atoms with Crippen LogP contribution in [0.5, 0.6) is 0 Å².